The van der Waals surface area contributed by atoms with E-state index in [1.165, 1.54) is 6.92 Å². The Bertz CT molecular complexity index is 462. The molecule has 0 bridgehead atoms. The number of ether oxygens (including phenoxy) is 1. The number of hydroxylamine groups is 1. The molecule has 0 aromatic heterocycles. The van der Waals surface area contributed by atoms with Gasteiger partial charge >= 0.3 is 0 Å². The van der Waals surface area contributed by atoms with Crippen LogP contribution in [0.5, 0.6) is 5.75 Å². The van der Waals surface area contributed by atoms with Crippen LogP contribution in [0.4, 0.5) is 5.69 Å². The van der Waals surface area contributed by atoms with E-state index in [2.05, 4.69) is 5.32 Å². The fourth-order valence-corrected chi connectivity index (χ4v) is 2.37. The predicted octanol–water partition coefficient (Wildman–Crippen LogP) is 1.51. The molecule has 19 heavy (non-hydrogen) atoms. The number of amides is 1. The van der Waals surface area contributed by atoms with Gasteiger partial charge in [0.15, 0.2) is 0 Å². The third-order valence-corrected chi connectivity index (χ3v) is 3.11. The molecule has 5 heteroatoms. The summed E-state index contributed by atoms with van der Waals surface area (Å²) in [5.74, 6) is 0.792. The lowest BCUT2D eigenvalue weighted by atomic mass is 9.99. The second-order valence-corrected chi connectivity index (χ2v) is 4.58. The van der Waals surface area contributed by atoms with Crippen molar-refractivity contribution < 1.29 is 14.4 Å². The van der Waals surface area contributed by atoms with Gasteiger partial charge in [0.2, 0.25) is 5.91 Å². The summed E-state index contributed by atoms with van der Waals surface area (Å²) in [5.41, 5.74) is 2.17. The first-order valence-corrected chi connectivity index (χ1v) is 6.48. The molecule has 0 aliphatic carbocycles. The SMILES string of the molecule is CCON1C[C@H](NC(C)=O)Cc2ccc(OC)cc21. The second kappa shape index (κ2) is 5.93. The van der Waals surface area contributed by atoms with Crippen LogP contribution in [-0.4, -0.2) is 32.2 Å². The molecule has 1 aromatic rings. The lowest BCUT2D eigenvalue weighted by molar-refractivity contribution is -0.119. The molecule has 2 rings (SSSR count). The monoisotopic (exact) mass is 264 g/mol. The van der Waals surface area contributed by atoms with E-state index in [9.17, 15) is 4.79 Å². The van der Waals surface area contributed by atoms with Gasteiger partial charge in [-0.3, -0.25) is 14.7 Å². The topological polar surface area (TPSA) is 50.8 Å². The Morgan fingerprint density at radius 1 is 1.53 bits per heavy atom. The van der Waals surface area contributed by atoms with Gasteiger partial charge in [0.05, 0.1) is 32.0 Å². The van der Waals surface area contributed by atoms with Gasteiger partial charge in [0, 0.05) is 13.0 Å². The van der Waals surface area contributed by atoms with Gasteiger partial charge in [-0.2, -0.15) is 0 Å². The summed E-state index contributed by atoms with van der Waals surface area (Å²) in [6, 6.07) is 5.99. The minimum atomic E-state index is -0.0154. The molecule has 5 nitrogen and oxygen atoms in total. The van der Waals surface area contributed by atoms with Crippen molar-refractivity contribution in [2.45, 2.75) is 26.3 Å². The van der Waals surface area contributed by atoms with Gasteiger partial charge in [-0.05, 0) is 25.0 Å². The summed E-state index contributed by atoms with van der Waals surface area (Å²) < 4.78 is 5.25. The standard InChI is InChI=1S/C14H20N2O3/c1-4-19-16-9-12(15-10(2)17)7-11-5-6-13(18-3)8-14(11)16/h5-6,8,12H,4,7,9H2,1-3H3,(H,15,17)/t12-/m1/s1. The van der Waals surface area contributed by atoms with Crippen LogP contribution in [0.25, 0.3) is 0 Å². The van der Waals surface area contributed by atoms with Crippen molar-refractivity contribution in [2.75, 3.05) is 25.3 Å². The Morgan fingerprint density at radius 2 is 2.32 bits per heavy atom. The van der Waals surface area contributed by atoms with Crippen LogP contribution >= 0.6 is 0 Å². The van der Waals surface area contributed by atoms with Crippen LogP contribution in [0.2, 0.25) is 0 Å². The Hall–Kier alpha value is -1.75. The van der Waals surface area contributed by atoms with Crippen molar-refractivity contribution in [1.29, 1.82) is 0 Å². The van der Waals surface area contributed by atoms with E-state index in [4.69, 9.17) is 9.57 Å². The zero-order valence-electron chi connectivity index (χ0n) is 11.6. The van der Waals surface area contributed by atoms with Gasteiger partial charge < -0.3 is 10.1 Å². The van der Waals surface area contributed by atoms with Gasteiger partial charge in [-0.1, -0.05) is 6.07 Å². The Balaban J connectivity index is 2.26. The molecule has 1 atom stereocenters. The number of nitrogens with zero attached hydrogens (tertiary/aromatic N) is 1. The molecule has 0 saturated heterocycles. The lowest BCUT2D eigenvalue weighted by Gasteiger charge is -2.35. The first-order chi connectivity index (χ1) is 9.13. The third kappa shape index (κ3) is 3.17. The number of carbonyl (C=O) groups excluding carboxylic acids is 1. The summed E-state index contributed by atoms with van der Waals surface area (Å²) >= 11 is 0. The molecule has 1 heterocycles. The Labute approximate surface area is 113 Å². The summed E-state index contributed by atoms with van der Waals surface area (Å²) in [6.07, 6.45) is 0.808. The van der Waals surface area contributed by atoms with E-state index in [0.29, 0.717) is 13.2 Å². The zero-order chi connectivity index (χ0) is 13.8. The van der Waals surface area contributed by atoms with E-state index in [1.54, 1.807) is 7.11 Å². The number of rotatable bonds is 4. The predicted molar refractivity (Wildman–Crippen MR) is 73.3 cm³/mol. The highest BCUT2D eigenvalue weighted by Crippen LogP contribution is 2.31. The van der Waals surface area contributed by atoms with Crippen molar-refractivity contribution in [3.63, 3.8) is 0 Å². The summed E-state index contributed by atoms with van der Waals surface area (Å²) in [5, 5.41) is 4.78. The number of hydrogen-bond donors (Lipinski definition) is 1. The average Bonchev–Trinajstić information content (AvgIpc) is 2.38. The van der Waals surface area contributed by atoms with E-state index in [0.717, 1.165) is 23.4 Å². The average molecular weight is 264 g/mol. The summed E-state index contributed by atoms with van der Waals surface area (Å²) in [6.45, 7) is 4.72. The highest BCUT2D eigenvalue weighted by Gasteiger charge is 2.26. The largest absolute Gasteiger partial charge is 0.497 e. The molecule has 1 N–H and O–H groups in total. The van der Waals surface area contributed by atoms with Crippen LogP contribution in [0.3, 0.4) is 0 Å². The Kier molecular flexibility index (Phi) is 4.27. The first-order valence-electron chi connectivity index (χ1n) is 6.48. The normalized spacial score (nSPS) is 17.8. The molecular weight excluding hydrogens is 244 g/mol. The molecule has 1 amide bonds. The minimum absolute atomic E-state index is 0.0154. The molecule has 0 radical (unpaired) electrons. The smallest absolute Gasteiger partial charge is 0.217 e. The molecule has 0 saturated carbocycles. The maximum absolute atomic E-state index is 11.2. The number of hydrogen-bond acceptors (Lipinski definition) is 4. The van der Waals surface area contributed by atoms with E-state index < -0.39 is 0 Å². The van der Waals surface area contributed by atoms with Crippen LogP contribution in [0.1, 0.15) is 19.4 Å². The molecule has 0 unspecified atom stereocenters. The van der Waals surface area contributed by atoms with Gasteiger partial charge in [-0.25, -0.2) is 0 Å². The Morgan fingerprint density at radius 3 is 2.95 bits per heavy atom. The van der Waals surface area contributed by atoms with Crippen molar-refractivity contribution in [3.05, 3.63) is 23.8 Å². The summed E-state index contributed by atoms with van der Waals surface area (Å²) in [4.78, 5) is 16.8. The van der Waals surface area contributed by atoms with Crippen LogP contribution in [0, 0.1) is 0 Å². The second-order valence-electron chi connectivity index (χ2n) is 4.58. The van der Waals surface area contributed by atoms with Crippen LogP contribution in [0.15, 0.2) is 18.2 Å². The fraction of sp³-hybridized carbons (Fsp3) is 0.500. The maximum atomic E-state index is 11.2. The molecular formula is C14H20N2O3. The number of anilines is 1. The van der Waals surface area contributed by atoms with Gasteiger partial charge in [0.25, 0.3) is 0 Å². The highest BCUT2D eigenvalue weighted by molar-refractivity contribution is 5.73. The van der Waals surface area contributed by atoms with Gasteiger partial charge in [0.1, 0.15) is 5.75 Å². The number of fused-ring (bicyclic) bond motifs is 1. The first kappa shape index (κ1) is 13.7. The number of benzene rings is 1. The lowest BCUT2D eigenvalue weighted by Crippen LogP contribution is -2.47. The molecule has 1 aliphatic rings. The minimum Gasteiger partial charge on any atom is -0.497 e. The third-order valence-electron chi connectivity index (χ3n) is 3.11. The molecule has 1 aliphatic heterocycles. The van der Waals surface area contributed by atoms with E-state index in [-0.39, 0.29) is 11.9 Å². The number of methoxy groups -OCH3 is 1. The van der Waals surface area contributed by atoms with Crippen molar-refractivity contribution in [3.8, 4) is 5.75 Å². The number of carbonyl (C=O) groups is 1. The zero-order valence-corrected chi connectivity index (χ0v) is 11.6. The van der Waals surface area contributed by atoms with Crippen LogP contribution < -0.4 is 15.1 Å². The summed E-state index contributed by atoms with van der Waals surface area (Å²) in [7, 11) is 1.65. The maximum Gasteiger partial charge on any atom is 0.217 e. The van der Waals surface area contributed by atoms with Crippen molar-refractivity contribution >= 4 is 11.6 Å². The van der Waals surface area contributed by atoms with Gasteiger partial charge in [-0.15, -0.1) is 0 Å². The highest BCUT2D eigenvalue weighted by atomic mass is 16.7. The molecule has 0 fully saturated rings. The van der Waals surface area contributed by atoms with E-state index in [1.807, 2.05) is 30.2 Å². The molecule has 104 valence electrons. The quantitative estimate of drug-likeness (QED) is 0.895. The number of nitrogens with one attached hydrogen (secondary N) is 1. The molecule has 1 aromatic carbocycles. The van der Waals surface area contributed by atoms with Crippen molar-refractivity contribution in [2.24, 2.45) is 0 Å². The van der Waals surface area contributed by atoms with E-state index >= 15 is 0 Å². The van der Waals surface area contributed by atoms with Crippen LogP contribution in [-0.2, 0) is 16.1 Å². The fourth-order valence-electron chi connectivity index (χ4n) is 2.37. The van der Waals surface area contributed by atoms with Crippen molar-refractivity contribution in [1.82, 2.24) is 5.32 Å². The molecule has 0 spiro atoms.